The van der Waals surface area contributed by atoms with Gasteiger partial charge in [0.1, 0.15) is 17.2 Å². The van der Waals surface area contributed by atoms with E-state index in [1.807, 2.05) is 0 Å². The van der Waals surface area contributed by atoms with Gasteiger partial charge >= 0.3 is 0 Å². The van der Waals surface area contributed by atoms with Gasteiger partial charge in [-0.3, -0.25) is 4.79 Å². The molecule has 17 heavy (non-hydrogen) atoms. The molecule has 1 aromatic rings. The van der Waals surface area contributed by atoms with Crippen molar-refractivity contribution in [2.45, 2.75) is 6.92 Å². The molecule has 0 saturated carbocycles. The van der Waals surface area contributed by atoms with E-state index in [2.05, 4.69) is 22.5 Å². The fourth-order valence-corrected chi connectivity index (χ4v) is 1.82. The van der Waals surface area contributed by atoms with Crippen LogP contribution in [0.1, 0.15) is 17.3 Å². The molecule has 0 N–H and O–H groups in total. The molecule has 0 aliphatic rings. The Kier molecular flexibility index (Phi) is 4.81. The Hall–Kier alpha value is -1.23. The van der Waals surface area contributed by atoms with E-state index >= 15 is 0 Å². The van der Waals surface area contributed by atoms with E-state index in [9.17, 15) is 13.6 Å². The molecule has 92 valence electrons. The molecule has 0 fully saturated rings. The third kappa shape index (κ3) is 3.12. The van der Waals surface area contributed by atoms with E-state index in [0.717, 1.165) is 12.1 Å². The second-order valence-corrected chi connectivity index (χ2v) is 4.29. The van der Waals surface area contributed by atoms with Crippen molar-refractivity contribution in [3.8, 4) is 0 Å². The van der Waals surface area contributed by atoms with Crippen molar-refractivity contribution in [2.75, 3.05) is 13.1 Å². The first-order valence-electron chi connectivity index (χ1n) is 5.06. The standard InChI is InChI=1S/C12H12BrF2NO/c1-3-5-16(4-2)12(17)11-9(14)6-8(13)7-10(11)15/h3,6-7H,1,4-5H2,2H3. The normalized spacial score (nSPS) is 10.1. The van der Waals surface area contributed by atoms with Gasteiger partial charge in [-0.2, -0.15) is 0 Å². The Labute approximate surface area is 107 Å². The highest BCUT2D eigenvalue weighted by Gasteiger charge is 2.22. The van der Waals surface area contributed by atoms with Gasteiger partial charge in [-0.1, -0.05) is 22.0 Å². The zero-order valence-corrected chi connectivity index (χ0v) is 10.9. The van der Waals surface area contributed by atoms with Crippen molar-refractivity contribution in [1.29, 1.82) is 0 Å². The Morgan fingerprint density at radius 3 is 2.41 bits per heavy atom. The van der Waals surface area contributed by atoms with Crippen LogP contribution in [0.15, 0.2) is 29.3 Å². The van der Waals surface area contributed by atoms with E-state index in [4.69, 9.17) is 0 Å². The first-order chi connectivity index (χ1) is 8.01. The number of rotatable bonds is 4. The van der Waals surface area contributed by atoms with Crippen LogP contribution in [0, 0.1) is 11.6 Å². The lowest BCUT2D eigenvalue weighted by Gasteiger charge is -2.19. The summed E-state index contributed by atoms with van der Waals surface area (Å²) in [5.41, 5.74) is -0.531. The highest BCUT2D eigenvalue weighted by molar-refractivity contribution is 9.10. The van der Waals surface area contributed by atoms with Crippen molar-refractivity contribution in [1.82, 2.24) is 4.90 Å². The quantitative estimate of drug-likeness (QED) is 0.781. The molecule has 0 atom stereocenters. The van der Waals surface area contributed by atoms with Crippen LogP contribution in [0.25, 0.3) is 0 Å². The molecular formula is C12H12BrF2NO. The topological polar surface area (TPSA) is 20.3 Å². The predicted octanol–water partition coefficient (Wildman–Crippen LogP) is 3.38. The highest BCUT2D eigenvalue weighted by Crippen LogP contribution is 2.20. The summed E-state index contributed by atoms with van der Waals surface area (Å²) in [6.45, 7) is 5.84. The van der Waals surface area contributed by atoms with E-state index < -0.39 is 23.1 Å². The van der Waals surface area contributed by atoms with Gasteiger partial charge in [0.15, 0.2) is 0 Å². The lowest BCUT2D eigenvalue weighted by atomic mass is 10.1. The predicted molar refractivity (Wildman–Crippen MR) is 65.8 cm³/mol. The van der Waals surface area contributed by atoms with E-state index in [1.165, 1.54) is 11.0 Å². The molecule has 1 amide bonds. The largest absolute Gasteiger partial charge is 0.335 e. The van der Waals surface area contributed by atoms with Crippen LogP contribution >= 0.6 is 15.9 Å². The first-order valence-corrected chi connectivity index (χ1v) is 5.85. The van der Waals surface area contributed by atoms with Gasteiger partial charge in [-0.05, 0) is 19.1 Å². The number of benzene rings is 1. The number of carbonyl (C=O) groups excluding carboxylic acids is 1. The zero-order valence-electron chi connectivity index (χ0n) is 9.34. The molecule has 0 aliphatic carbocycles. The maximum absolute atomic E-state index is 13.6. The number of nitrogens with zero attached hydrogens (tertiary/aromatic N) is 1. The fourth-order valence-electron chi connectivity index (χ4n) is 1.42. The summed E-state index contributed by atoms with van der Waals surface area (Å²) in [6.07, 6.45) is 1.51. The SMILES string of the molecule is C=CCN(CC)C(=O)c1c(F)cc(Br)cc1F. The molecule has 0 unspecified atom stereocenters. The maximum atomic E-state index is 13.6. The maximum Gasteiger partial charge on any atom is 0.260 e. The molecule has 0 spiro atoms. The van der Waals surface area contributed by atoms with E-state index in [-0.39, 0.29) is 11.0 Å². The molecule has 0 aromatic heterocycles. The van der Waals surface area contributed by atoms with Gasteiger partial charge in [0.05, 0.1) is 0 Å². The molecule has 0 aliphatic heterocycles. The van der Waals surface area contributed by atoms with Crippen LogP contribution in [0.2, 0.25) is 0 Å². The van der Waals surface area contributed by atoms with E-state index in [1.54, 1.807) is 6.92 Å². The number of hydrogen-bond acceptors (Lipinski definition) is 1. The van der Waals surface area contributed by atoms with Crippen LogP contribution in [0.3, 0.4) is 0 Å². The van der Waals surface area contributed by atoms with Gasteiger partial charge in [0, 0.05) is 17.6 Å². The summed E-state index contributed by atoms with van der Waals surface area (Å²) in [5.74, 6) is -2.41. The average molecular weight is 304 g/mol. The average Bonchev–Trinajstić information content (AvgIpc) is 2.24. The highest BCUT2D eigenvalue weighted by atomic mass is 79.9. The van der Waals surface area contributed by atoms with E-state index in [0.29, 0.717) is 6.54 Å². The summed E-state index contributed by atoms with van der Waals surface area (Å²) in [6, 6.07) is 2.14. The fraction of sp³-hybridized carbons (Fsp3) is 0.250. The lowest BCUT2D eigenvalue weighted by Crippen LogP contribution is -2.32. The molecule has 5 heteroatoms. The minimum absolute atomic E-state index is 0.254. The third-order valence-corrected chi connectivity index (χ3v) is 2.70. The van der Waals surface area contributed by atoms with Crippen molar-refractivity contribution in [3.05, 3.63) is 46.5 Å². The minimum Gasteiger partial charge on any atom is -0.335 e. The molecule has 0 saturated heterocycles. The number of likely N-dealkylation sites (N-methyl/N-ethyl adjacent to an activating group) is 1. The Bertz CT molecular complexity index is 425. The number of amides is 1. The number of halogens is 3. The summed E-state index contributed by atoms with van der Waals surface area (Å²) in [4.78, 5) is 13.2. The summed E-state index contributed by atoms with van der Waals surface area (Å²) in [5, 5.41) is 0. The summed E-state index contributed by atoms with van der Waals surface area (Å²) in [7, 11) is 0. The Morgan fingerprint density at radius 2 is 2.00 bits per heavy atom. The van der Waals surface area contributed by atoms with Crippen molar-refractivity contribution in [3.63, 3.8) is 0 Å². The number of carbonyl (C=O) groups is 1. The molecular weight excluding hydrogens is 292 g/mol. The van der Waals surface area contributed by atoms with Crippen LogP contribution in [-0.2, 0) is 0 Å². The molecule has 0 bridgehead atoms. The molecule has 1 rings (SSSR count). The summed E-state index contributed by atoms with van der Waals surface area (Å²) >= 11 is 2.96. The Balaban J connectivity index is 3.15. The minimum atomic E-state index is -0.871. The monoisotopic (exact) mass is 303 g/mol. The van der Waals surface area contributed by atoms with Crippen LogP contribution in [0.5, 0.6) is 0 Å². The van der Waals surface area contributed by atoms with Gasteiger partial charge in [-0.25, -0.2) is 8.78 Å². The van der Waals surface area contributed by atoms with Gasteiger partial charge in [0.2, 0.25) is 0 Å². The van der Waals surface area contributed by atoms with Gasteiger partial charge < -0.3 is 4.90 Å². The first kappa shape index (κ1) is 13.8. The second-order valence-electron chi connectivity index (χ2n) is 3.38. The van der Waals surface area contributed by atoms with Gasteiger partial charge in [-0.15, -0.1) is 6.58 Å². The Morgan fingerprint density at radius 1 is 1.47 bits per heavy atom. The van der Waals surface area contributed by atoms with Crippen molar-refractivity contribution < 1.29 is 13.6 Å². The molecule has 1 aromatic carbocycles. The lowest BCUT2D eigenvalue weighted by molar-refractivity contribution is 0.0772. The summed E-state index contributed by atoms with van der Waals surface area (Å²) < 4.78 is 27.4. The molecule has 0 radical (unpaired) electrons. The number of hydrogen-bond donors (Lipinski definition) is 0. The van der Waals surface area contributed by atoms with Crippen LogP contribution in [-0.4, -0.2) is 23.9 Å². The molecule has 0 heterocycles. The van der Waals surface area contributed by atoms with Gasteiger partial charge in [0.25, 0.3) is 5.91 Å². The second kappa shape index (κ2) is 5.91. The smallest absolute Gasteiger partial charge is 0.260 e. The molecule has 2 nitrogen and oxygen atoms in total. The third-order valence-electron chi connectivity index (χ3n) is 2.24. The van der Waals surface area contributed by atoms with Crippen molar-refractivity contribution in [2.24, 2.45) is 0 Å². The van der Waals surface area contributed by atoms with Crippen molar-refractivity contribution >= 4 is 21.8 Å². The van der Waals surface area contributed by atoms with Crippen LogP contribution < -0.4 is 0 Å². The van der Waals surface area contributed by atoms with Crippen LogP contribution in [0.4, 0.5) is 8.78 Å². The zero-order chi connectivity index (χ0) is 13.0.